The molecule has 7 nitrogen and oxygen atoms in total. The fourth-order valence-corrected chi connectivity index (χ4v) is 2.22. The summed E-state index contributed by atoms with van der Waals surface area (Å²) in [6.07, 6.45) is 2.41. The van der Waals surface area contributed by atoms with E-state index in [4.69, 9.17) is 10.7 Å². The molecule has 27 heavy (non-hydrogen) atoms. The molecule has 0 radical (unpaired) electrons. The van der Waals surface area contributed by atoms with Crippen molar-refractivity contribution in [3.05, 3.63) is 65.2 Å². The molecule has 0 atom stereocenters. The minimum absolute atomic E-state index is 0.237. The van der Waals surface area contributed by atoms with Gasteiger partial charge in [0.1, 0.15) is 5.82 Å². The van der Waals surface area contributed by atoms with Crippen molar-refractivity contribution in [3.63, 3.8) is 0 Å². The lowest BCUT2D eigenvalue weighted by Gasteiger charge is -2.20. The van der Waals surface area contributed by atoms with E-state index in [1.807, 2.05) is 26.8 Å². The number of nitriles is 1. The van der Waals surface area contributed by atoms with Crippen LogP contribution in [-0.2, 0) is 0 Å². The Balaban J connectivity index is 2.18. The lowest BCUT2D eigenvalue weighted by molar-refractivity contribution is 0.0919. The SMILES string of the molecule is CC(C)(C)NC(=O)c1ccc(N/C(O)=C(\C=N)c2ccc(C#N)cc2)nc1. The molecule has 0 aliphatic heterocycles. The molecule has 0 bridgehead atoms. The Kier molecular flexibility index (Phi) is 5.93. The first-order valence-corrected chi connectivity index (χ1v) is 8.23. The zero-order valence-electron chi connectivity index (χ0n) is 15.4. The van der Waals surface area contributed by atoms with E-state index in [0.717, 1.165) is 6.21 Å². The molecule has 0 fully saturated rings. The van der Waals surface area contributed by atoms with Crippen LogP contribution in [0, 0.1) is 16.7 Å². The summed E-state index contributed by atoms with van der Waals surface area (Å²) in [5, 5.41) is 32.3. The van der Waals surface area contributed by atoms with Gasteiger partial charge in [0.2, 0.25) is 0 Å². The van der Waals surface area contributed by atoms with Crippen LogP contribution in [0.4, 0.5) is 5.82 Å². The Labute approximate surface area is 157 Å². The van der Waals surface area contributed by atoms with Gasteiger partial charge in [-0.25, -0.2) is 4.98 Å². The van der Waals surface area contributed by atoms with E-state index in [1.54, 1.807) is 36.4 Å². The predicted molar refractivity (Wildman–Crippen MR) is 105 cm³/mol. The zero-order chi connectivity index (χ0) is 20.0. The van der Waals surface area contributed by atoms with Gasteiger partial charge in [-0.1, -0.05) is 12.1 Å². The molecular weight excluding hydrogens is 342 g/mol. The lowest BCUT2D eigenvalue weighted by atomic mass is 10.1. The van der Waals surface area contributed by atoms with Crippen molar-refractivity contribution < 1.29 is 9.90 Å². The number of carbonyl (C=O) groups excluding carboxylic acids is 1. The number of benzene rings is 1. The van der Waals surface area contributed by atoms with E-state index in [2.05, 4.69) is 15.6 Å². The minimum Gasteiger partial charge on any atom is -0.494 e. The number of amides is 1. The van der Waals surface area contributed by atoms with Gasteiger partial charge in [0.15, 0.2) is 5.88 Å². The first-order valence-electron chi connectivity index (χ1n) is 8.23. The highest BCUT2D eigenvalue weighted by atomic mass is 16.3. The molecule has 0 spiro atoms. The van der Waals surface area contributed by atoms with Crippen molar-refractivity contribution in [3.8, 4) is 6.07 Å². The third-order valence-corrected chi connectivity index (χ3v) is 3.49. The molecule has 0 saturated heterocycles. The number of anilines is 1. The maximum absolute atomic E-state index is 12.1. The predicted octanol–water partition coefficient (Wildman–Crippen LogP) is 3.47. The van der Waals surface area contributed by atoms with E-state index >= 15 is 0 Å². The number of aromatic nitrogens is 1. The van der Waals surface area contributed by atoms with Gasteiger partial charge in [-0.05, 0) is 50.6 Å². The van der Waals surface area contributed by atoms with Crippen LogP contribution in [0.1, 0.15) is 42.3 Å². The molecule has 1 heterocycles. The van der Waals surface area contributed by atoms with Crippen LogP contribution in [0.2, 0.25) is 0 Å². The van der Waals surface area contributed by atoms with Crippen molar-refractivity contribution in [1.29, 1.82) is 10.7 Å². The summed E-state index contributed by atoms with van der Waals surface area (Å²) in [5.74, 6) is -0.166. The molecule has 7 heteroatoms. The van der Waals surface area contributed by atoms with Crippen LogP contribution in [0.15, 0.2) is 48.5 Å². The van der Waals surface area contributed by atoms with Crippen molar-refractivity contribution in [2.24, 2.45) is 0 Å². The average molecular weight is 363 g/mol. The number of hydrogen-bond acceptors (Lipinski definition) is 6. The van der Waals surface area contributed by atoms with Gasteiger partial charge in [0.25, 0.3) is 5.91 Å². The summed E-state index contributed by atoms with van der Waals surface area (Å²) >= 11 is 0. The third kappa shape index (κ3) is 5.41. The maximum atomic E-state index is 12.1. The number of aliphatic hydroxyl groups is 1. The molecule has 0 aliphatic carbocycles. The molecule has 0 aliphatic rings. The Hall–Kier alpha value is -3.66. The number of rotatable bonds is 5. The molecule has 138 valence electrons. The third-order valence-electron chi connectivity index (χ3n) is 3.49. The average Bonchev–Trinajstić information content (AvgIpc) is 2.62. The number of pyridine rings is 1. The first kappa shape index (κ1) is 19.7. The Morgan fingerprint density at radius 3 is 2.30 bits per heavy atom. The van der Waals surface area contributed by atoms with Crippen LogP contribution in [0.5, 0.6) is 0 Å². The highest BCUT2D eigenvalue weighted by molar-refractivity contribution is 6.09. The van der Waals surface area contributed by atoms with E-state index in [0.29, 0.717) is 22.5 Å². The van der Waals surface area contributed by atoms with Crippen LogP contribution in [-0.4, -0.2) is 27.8 Å². The first-order chi connectivity index (χ1) is 12.7. The van der Waals surface area contributed by atoms with Gasteiger partial charge in [0, 0.05) is 18.0 Å². The lowest BCUT2D eigenvalue weighted by Crippen LogP contribution is -2.40. The molecular formula is C20H21N5O2. The number of hydrogen-bond donors (Lipinski definition) is 4. The number of nitrogens with one attached hydrogen (secondary N) is 3. The second kappa shape index (κ2) is 8.15. The highest BCUT2D eigenvalue weighted by Gasteiger charge is 2.15. The van der Waals surface area contributed by atoms with Crippen molar-refractivity contribution in [2.45, 2.75) is 26.3 Å². The number of carbonyl (C=O) groups is 1. The molecule has 4 N–H and O–H groups in total. The fraction of sp³-hybridized carbons (Fsp3) is 0.200. The van der Waals surface area contributed by atoms with Gasteiger partial charge in [0.05, 0.1) is 22.8 Å². The summed E-state index contributed by atoms with van der Waals surface area (Å²) in [5.41, 5.74) is 1.36. The molecule has 0 unspecified atom stereocenters. The molecule has 1 aromatic carbocycles. The Bertz CT molecular complexity index is 901. The molecule has 1 amide bonds. The Morgan fingerprint density at radius 2 is 1.81 bits per heavy atom. The van der Waals surface area contributed by atoms with Gasteiger partial charge in [-0.15, -0.1) is 0 Å². The van der Waals surface area contributed by atoms with E-state index in [1.165, 1.54) is 6.20 Å². The van der Waals surface area contributed by atoms with E-state index < -0.39 is 0 Å². The normalized spacial score (nSPS) is 11.8. The fourth-order valence-electron chi connectivity index (χ4n) is 2.22. The summed E-state index contributed by atoms with van der Waals surface area (Å²) in [4.78, 5) is 16.2. The summed E-state index contributed by atoms with van der Waals surface area (Å²) < 4.78 is 0. The number of aliphatic hydroxyl groups excluding tert-OH is 1. The standard InChI is InChI=1S/C20H21N5O2/c1-20(2,3)25-18(26)15-8-9-17(23-12-15)24-19(27)16(11-22)14-6-4-13(10-21)5-7-14/h4-9,11-12,22,27H,1-3H3,(H,23,24)(H,25,26)/b19-16-,22-11?. The van der Waals surface area contributed by atoms with E-state index in [9.17, 15) is 9.90 Å². The summed E-state index contributed by atoms with van der Waals surface area (Å²) in [7, 11) is 0. The summed E-state index contributed by atoms with van der Waals surface area (Å²) in [6.45, 7) is 5.66. The monoisotopic (exact) mass is 363 g/mol. The zero-order valence-corrected chi connectivity index (χ0v) is 15.4. The largest absolute Gasteiger partial charge is 0.494 e. The van der Waals surface area contributed by atoms with Gasteiger partial charge in [-0.3, -0.25) is 4.79 Å². The van der Waals surface area contributed by atoms with Crippen molar-refractivity contribution in [2.75, 3.05) is 5.32 Å². The molecule has 2 aromatic rings. The van der Waals surface area contributed by atoms with Crippen LogP contribution >= 0.6 is 0 Å². The number of allylic oxidation sites excluding steroid dienone is 1. The topological polar surface area (TPSA) is 122 Å². The smallest absolute Gasteiger partial charge is 0.253 e. The van der Waals surface area contributed by atoms with Gasteiger partial charge < -0.3 is 21.1 Å². The molecule has 2 rings (SSSR count). The molecule has 0 saturated carbocycles. The van der Waals surface area contributed by atoms with Gasteiger partial charge >= 0.3 is 0 Å². The van der Waals surface area contributed by atoms with Crippen LogP contribution in [0.3, 0.4) is 0 Å². The van der Waals surface area contributed by atoms with Crippen LogP contribution in [0.25, 0.3) is 5.57 Å². The summed E-state index contributed by atoms with van der Waals surface area (Å²) in [6, 6.07) is 11.7. The maximum Gasteiger partial charge on any atom is 0.253 e. The van der Waals surface area contributed by atoms with Crippen LogP contribution < -0.4 is 10.6 Å². The van der Waals surface area contributed by atoms with Gasteiger partial charge in [-0.2, -0.15) is 5.26 Å². The van der Waals surface area contributed by atoms with Crippen molar-refractivity contribution >= 4 is 23.5 Å². The minimum atomic E-state index is -0.352. The quantitative estimate of drug-likeness (QED) is 0.478. The van der Waals surface area contributed by atoms with E-state index in [-0.39, 0.29) is 22.9 Å². The molecule has 1 aromatic heterocycles. The second-order valence-corrected chi connectivity index (χ2v) is 6.86. The Morgan fingerprint density at radius 1 is 1.19 bits per heavy atom. The number of nitrogens with zero attached hydrogens (tertiary/aromatic N) is 2. The highest BCUT2D eigenvalue weighted by Crippen LogP contribution is 2.18. The van der Waals surface area contributed by atoms with Crippen molar-refractivity contribution in [1.82, 2.24) is 10.3 Å². The second-order valence-electron chi connectivity index (χ2n) is 6.86.